The predicted octanol–water partition coefficient (Wildman–Crippen LogP) is 3.14. The second-order valence-corrected chi connectivity index (χ2v) is 7.59. The monoisotopic (exact) mass is 448 g/mol. The van der Waals surface area contributed by atoms with Crippen molar-refractivity contribution in [1.29, 1.82) is 5.26 Å². The van der Waals surface area contributed by atoms with E-state index in [1.165, 1.54) is 28.7 Å². The summed E-state index contributed by atoms with van der Waals surface area (Å²) in [5, 5.41) is 12.3. The Hall–Kier alpha value is -4.03. The van der Waals surface area contributed by atoms with E-state index < -0.39 is 17.3 Å². The molecule has 0 saturated carbocycles. The molecule has 0 spiro atoms. The van der Waals surface area contributed by atoms with Gasteiger partial charge in [0, 0.05) is 19.3 Å². The average Bonchev–Trinajstić information content (AvgIpc) is 3.33. The van der Waals surface area contributed by atoms with Gasteiger partial charge in [0.15, 0.2) is 0 Å². The van der Waals surface area contributed by atoms with Crippen LogP contribution in [0.15, 0.2) is 53.0 Å². The highest BCUT2D eigenvalue weighted by atomic mass is 19.1. The Morgan fingerprint density at radius 2 is 2.18 bits per heavy atom. The van der Waals surface area contributed by atoms with E-state index in [0.29, 0.717) is 12.3 Å². The van der Waals surface area contributed by atoms with Crippen molar-refractivity contribution in [3.8, 4) is 17.7 Å². The number of aryl methyl sites for hydroxylation is 1. The van der Waals surface area contributed by atoms with Crippen LogP contribution < -0.4 is 15.6 Å². The summed E-state index contributed by atoms with van der Waals surface area (Å²) in [7, 11) is 0. The summed E-state index contributed by atoms with van der Waals surface area (Å²) < 4.78 is 25.9. The van der Waals surface area contributed by atoms with Crippen molar-refractivity contribution in [2.75, 3.05) is 13.2 Å². The number of rotatable bonds is 6. The second kappa shape index (κ2) is 9.63. The van der Waals surface area contributed by atoms with Gasteiger partial charge >= 0.3 is 0 Å². The van der Waals surface area contributed by atoms with E-state index in [1.807, 2.05) is 6.07 Å². The Kier molecular flexibility index (Phi) is 6.47. The first-order chi connectivity index (χ1) is 16.0. The number of nitrogens with one attached hydrogen (secondary N) is 1. The summed E-state index contributed by atoms with van der Waals surface area (Å²) >= 11 is 0. The van der Waals surface area contributed by atoms with Crippen molar-refractivity contribution in [3.63, 3.8) is 0 Å². The summed E-state index contributed by atoms with van der Waals surface area (Å²) in [5.41, 5.74) is 0.220. The number of carbonyl (C=O) groups is 1. The molecule has 1 unspecified atom stereocenters. The molecule has 1 N–H and O–H groups in total. The molecular weight excluding hydrogens is 427 g/mol. The SMILES string of the molecule is Cc1cccn2c(=O)c(/C=C(\C#N)C(=O)NCC3CCCO3)c(Oc3ccc(F)cc3)nc12. The third-order valence-corrected chi connectivity index (χ3v) is 5.25. The molecule has 1 aliphatic rings. The van der Waals surface area contributed by atoms with Gasteiger partial charge in [-0.15, -0.1) is 0 Å². The fourth-order valence-corrected chi connectivity index (χ4v) is 3.51. The molecule has 3 aromatic rings. The molecule has 0 radical (unpaired) electrons. The number of aromatic nitrogens is 2. The van der Waals surface area contributed by atoms with Crippen molar-refractivity contribution in [1.82, 2.24) is 14.7 Å². The second-order valence-electron chi connectivity index (χ2n) is 7.59. The number of hydrogen-bond acceptors (Lipinski definition) is 6. The highest BCUT2D eigenvalue weighted by Gasteiger charge is 2.20. The number of benzene rings is 1. The standard InChI is InChI=1S/C24H21FN4O4/c1-15-4-2-10-29-21(15)28-23(33-18-8-6-17(25)7-9-18)20(24(29)31)12-16(13-26)22(30)27-14-19-5-3-11-32-19/h2,4,6-10,12,19H,3,5,11,14H2,1H3,(H,27,30)/b16-12+. The maximum absolute atomic E-state index is 13.3. The first-order valence-corrected chi connectivity index (χ1v) is 10.4. The molecule has 0 aliphatic carbocycles. The van der Waals surface area contributed by atoms with Crippen LogP contribution in [0.1, 0.15) is 24.0 Å². The van der Waals surface area contributed by atoms with Crippen LogP contribution in [0.4, 0.5) is 4.39 Å². The fourth-order valence-electron chi connectivity index (χ4n) is 3.51. The largest absolute Gasteiger partial charge is 0.438 e. The van der Waals surface area contributed by atoms with E-state index in [2.05, 4.69) is 10.3 Å². The molecule has 168 valence electrons. The lowest BCUT2D eigenvalue weighted by molar-refractivity contribution is -0.117. The van der Waals surface area contributed by atoms with Gasteiger partial charge in [0.25, 0.3) is 11.5 Å². The number of pyridine rings is 1. The molecule has 2 aromatic heterocycles. The van der Waals surface area contributed by atoms with Gasteiger partial charge in [0.05, 0.1) is 6.10 Å². The first-order valence-electron chi connectivity index (χ1n) is 10.4. The molecule has 8 nitrogen and oxygen atoms in total. The Balaban J connectivity index is 1.75. The number of hydrogen-bond donors (Lipinski definition) is 1. The molecular formula is C24H21FN4O4. The van der Waals surface area contributed by atoms with Crippen molar-refractivity contribution in [2.45, 2.75) is 25.9 Å². The molecule has 3 heterocycles. The van der Waals surface area contributed by atoms with Gasteiger partial charge in [0.1, 0.15) is 34.4 Å². The third-order valence-electron chi connectivity index (χ3n) is 5.25. The number of ether oxygens (including phenoxy) is 2. The van der Waals surface area contributed by atoms with Gasteiger partial charge in [0.2, 0.25) is 5.88 Å². The van der Waals surface area contributed by atoms with E-state index in [4.69, 9.17) is 9.47 Å². The van der Waals surface area contributed by atoms with Crippen LogP contribution in [-0.2, 0) is 9.53 Å². The maximum Gasteiger partial charge on any atom is 0.269 e. The highest BCUT2D eigenvalue weighted by molar-refractivity contribution is 6.01. The molecule has 1 saturated heterocycles. The number of halogens is 1. The third kappa shape index (κ3) is 4.91. The molecule has 0 bridgehead atoms. The van der Waals surface area contributed by atoms with E-state index in [1.54, 1.807) is 25.3 Å². The van der Waals surface area contributed by atoms with E-state index in [0.717, 1.165) is 24.5 Å². The first kappa shape index (κ1) is 22.2. The number of amides is 1. The fraction of sp³-hybridized carbons (Fsp3) is 0.250. The van der Waals surface area contributed by atoms with Crippen molar-refractivity contribution in [2.24, 2.45) is 0 Å². The Morgan fingerprint density at radius 1 is 1.39 bits per heavy atom. The quantitative estimate of drug-likeness (QED) is 0.459. The molecule has 1 amide bonds. The predicted molar refractivity (Wildman–Crippen MR) is 118 cm³/mol. The minimum Gasteiger partial charge on any atom is -0.438 e. The van der Waals surface area contributed by atoms with Crippen LogP contribution in [0.3, 0.4) is 0 Å². The minimum absolute atomic E-state index is 0.0776. The number of nitrogens with zero attached hydrogens (tertiary/aromatic N) is 3. The van der Waals surface area contributed by atoms with Crippen molar-refractivity contribution in [3.05, 3.63) is 75.5 Å². The minimum atomic E-state index is -0.630. The zero-order valence-corrected chi connectivity index (χ0v) is 17.9. The number of fused-ring (bicyclic) bond motifs is 1. The summed E-state index contributed by atoms with van der Waals surface area (Å²) in [4.78, 5) is 30.3. The normalized spacial score (nSPS) is 15.9. The molecule has 1 fully saturated rings. The average molecular weight is 448 g/mol. The van der Waals surface area contributed by atoms with Crippen LogP contribution in [0, 0.1) is 24.1 Å². The molecule has 33 heavy (non-hydrogen) atoms. The Bertz CT molecular complexity index is 1320. The van der Waals surface area contributed by atoms with Gasteiger partial charge in [-0.1, -0.05) is 6.07 Å². The van der Waals surface area contributed by atoms with Gasteiger partial charge in [-0.05, 0) is 61.7 Å². The van der Waals surface area contributed by atoms with E-state index in [-0.39, 0.29) is 35.4 Å². The molecule has 1 aliphatic heterocycles. The Labute approximate surface area is 188 Å². The van der Waals surface area contributed by atoms with Crippen LogP contribution >= 0.6 is 0 Å². The summed E-state index contributed by atoms with van der Waals surface area (Å²) in [6, 6.07) is 10.5. The van der Waals surface area contributed by atoms with Crippen LogP contribution in [-0.4, -0.2) is 34.5 Å². The van der Waals surface area contributed by atoms with Crippen molar-refractivity contribution >= 4 is 17.6 Å². The Morgan fingerprint density at radius 3 is 2.88 bits per heavy atom. The van der Waals surface area contributed by atoms with Gasteiger partial charge in [-0.25, -0.2) is 4.39 Å². The smallest absolute Gasteiger partial charge is 0.269 e. The summed E-state index contributed by atoms with van der Waals surface area (Å²) in [6.45, 7) is 2.70. The number of carbonyl (C=O) groups excluding carboxylic acids is 1. The lowest BCUT2D eigenvalue weighted by Crippen LogP contribution is -2.32. The molecule has 9 heteroatoms. The van der Waals surface area contributed by atoms with Gasteiger partial charge in [-0.2, -0.15) is 10.2 Å². The topological polar surface area (TPSA) is 106 Å². The summed E-state index contributed by atoms with van der Waals surface area (Å²) in [5.74, 6) is -0.924. The van der Waals surface area contributed by atoms with Gasteiger partial charge in [-0.3, -0.25) is 14.0 Å². The van der Waals surface area contributed by atoms with E-state index >= 15 is 0 Å². The lowest BCUT2D eigenvalue weighted by atomic mass is 10.1. The van der Waals surface area contributed by atoms with Crippen LogP contribution in [0.2, 0.25) is 0 Å². The highest BCUT2D eigenvalue weighted by Crippen LogP contribution is 2.25. The zero-order valence-electron chi connectivity index (χ0n) is 17.9. The van der Waals surface area contributed by atoms with Gasteiger partial charge < -0.3 is 14.8 Å². The van der Waals surface area contributed by atoms with E-state index in [9.17, 15) is 19.2 Å². The lowest BCUT2D eigenvalue weighted by Gasteiger charge is -2.12. The van der Waals surface area contributed by atoms with Crippen LogP contribution in [0.25, 0.3) is 11.7 Å². The van der Waals surface area contributed by atoms with Crippen molar-refractivity contribution < 1.29 is 18.7 Å². The molecule has 4 rings (SSSR count). The maximum atomic E-state index is 13.3. The molecule has 1 atom stereocenters. The number of nitriles is 1. The van der Waals surface area contributed by atoms with Crippen LogP contribution in [0.5, 0.6) is 11.6 Å². The summed E-state index contributed by atoms with van der Waals surface area (Å²) in [6.07, 6.45) is 4.36. The zero-order chi connectivity index (χ0) is 23.4. The molecule has 1 aromatic carbocycles.